The molecule has 1 rings (SSSR count). The van der Waals surface area contributed by atoms with Gasteiger partial charge in [-0.25, -0.2) is 0 Å². The summed E-state index contributed by atoms with van der Waals surface area (Å²) in [5.41, 5.74) is 0. The standard InChI is InChI=1S/C17H32O3/c1-4-13(5-2)12-16(18)15(17(19)20-3)11-14-9-7-6-8-10-14/h13-16,18H,4-12H2,1-3H3. The van der Waals surface area contributed by atoms with Gasteiger partial charge >= 0.3 is 5.97 Å². The zero-order valence-electron chi connectivity index (χ0n) is 13.4. The van der Waals surface area contributed by atoms with Gasteiger partial charge in [0, 0.05) is 0 Å². The summed E-state index contributed by atoms with van der Waals surface area (Å²) < 4.78 is 4.92. The van der Waals surface area contributed by atoms with Crippen molar-refractivity contribution in [3.8, 4) is 0 Å². The molecule has 0 radical (unpaired) electrons. The number of aliphatic hydroxyl groups is 1. The molecular weight excluding hydrogens is 252 g/mol. The third-order valence-corrected chi connectivity index (χ3v) is 5.01. The number of carbonyl (C=O) groups is 1. The molecule has 0 aromatic rings. The topological polar surface area (TPSA) is 46.5 Å². The van der Waals surface area contributed by atoms with Gasteiger partial charge in [0.1, 0.15) is 0 Å². The van der Waals surface area contributed by atoms with Gasteiger partial charge in [0.05, 0.1) is 19.1 Å². The fourth-order valence-corrected chi connectivity index (χ4v) is 3.47. The first-order valence-corrected chi connectivity index (χ1v) is 8.38. The van der Waals surface area contributed by atoms with E-state index >= 15 is 0 Å². The van der Waals surface area contributed by atoms with E-state index in [0.29, 0.717) is 11.8 Å². The largest absolute Gasteiger partial charge is 0.469 e. The number of esters is 1. The third kappa shape index (κ3) is 5.43. The van der Waals surface area contributed by atoms with Gasteiger partial charge in [0.25, 0.3) is 0 Å². The Balaban J connectivity index is 2.59. The second-order valence-corrected chi connectivity index (χ2v) is 6.35. The van der Waals surface area contributed by atoms with Gasteiger partial charge in [0.2, 0.25) is 0 Å². The van der Waals surface area contributed by atoms with Gasteiger partial charge in [-0.15, -0.1) is 0 Å². The zero-order chi connectivity index (χ0) is 15.0. The lowest BCUT2D eigenvalue weighted by atomic mass is 9.79. The highest BCUT2D eigenvalue weighted by Gasteiger charge is 2.32. The molecule has 0 heterocycles. The molecule has 1 fully saturated rings. The summed E-state index contributed by atoms with van der Waals surface area (Å²) in [4.78, 5) is 12.0. The van der Waals surface area contributed by atoms with E-state index in [2.05, 4.69) is 13.8 Å². The van der Waals surface area contributed by atoms with Crippen LogP contribution < -0.4 is 0 Å². The van der Waals surface area contributed by atoms with E-state index in [0.717, 1.165) is 25.7 Å². The summed E-state index contributed by atoms with van der Waals surface area (Å²) in [7, 11) is 1.43. The molecule has 0 aromatic heterocycles. The molecule has 1 aliphatic carbocycles. The van der Waals surface area contributed by atoms with Crippen LogP contribution in [0.15, 0.2) is 0 Å². The molecule has 0 amide bonds. The molecule has 118 valence electrons. The summed E-state index contributed by atoms with van der Waals surface area (Å²) >= 11 is 0. The first-order valence-electron chi connectivity index (χ1n) is 8.38. The van der Waals surface area contributed by atoms with Gasteiger partial charge in [0.15, 0.2) is 0 Å². The highest BCUT2D eigenvalue weighted by Crippen LogP contribution is 2.32. The van der Waals surface area contributed by atoms with Crippen LogP contribution in [0.2, 0.25) is 0 Å². The van der Waals surface area contributed by atoms with Gasteiger partial charge in [-0.3, -0.25) is 4.79 Å². The van der Waals surface area contributed by atoms with Crippen molar-refractivity contribution in [2.45, 2.75) is 77.7 Å². The Morgan fingerprint density at radius 1 is 1.20 bits per heavy atom. The van der Waals surface area contributed by atoms with E-state index in [-0.39, 0.29) is 11.9 Å². The van der Waals surface area contributed by atoms with Crippen molar-refractivity contribution in [1.82, 2.24) is 0 Å². The van der Waals surface area contributed by atoms with Crippen LogP contribution in [0.4, 0.5) is 0 Å². The maximum atomic E-state index is 12.0. The average molecular weight is 284 g/mol. The number of hydrogen-bond donors (Lipinski definition) is 1. The number of methoxy groups -OCH3 is 1. The predicted octanol–water partition coefficient (Wildman–Crippen LogP) is 3.93. The van der Waals surface area contributed by atoms with Gasteiger partial charge in [-0.05, 0) is 24.7 Å². The van der Waals surface area contributed by atoms with Crippen molar-refractivity contribution in [2.24, 2.45) is 17.8 Å². The first-order chi connectivity index (χ1) is 9.62. The van der Waals surface area contributed by atoms with Gasteiger partial charge < -0.3 is 9.84 Å². The first kappa shape index (κ1) is 17.5. The maximum absolute atomic E-state index is 12.0. The van der Waals surface area contributed by atoms with Crippen LogP contribution in [-0.2, 0) is 9.53 Å². The molecule has 3 heteroatoms. The van der Waals surface area contributed by atoms with Crippen LogP contribution in [0.5, 0.6) is 0 Å². The fraction of sp³-hybridized carbons (Fsp3) is 0.941. The number of hydrogen-bond acceptors (Lipinski definition) is 3. The molecule has 1 saturated carbocycles. The summed E-state index contributed by atoms with van der Waals surface area (Å²) in [6.07, 6.45) is 9.34. The Morgan fingerprint density at radius 2 is 1.80 bits per heavy atom. The summed E-state index contributed by atoms with van der Waals surface area (Å²) in [5.74, 6) is 0.533. The van der Waals surface area contributed by atoms with Crippen LogP contribution in [-0.4, -0.2) is 24.3 Å². The monoisotopic (exact) mass is 284 g/mol. The van der Waals surface area contributed by atoms with E-state index < -0.39 is 6.10 Å². The van der Waals surface area contributed by atoms with Crippen LogP contribution in [0.1, 0.15) is 71.6 Å². The minimum absolute atomic E-state index is 0.228. The predicted molar refractivity (Wildman–Crippen MR) is 81.4 cm³/mol. The zero-order valence-corrected chi connectivity index (χ0v) is 13.4. The molecule has 20 heavy (non-hydrogen) atoms. The van der Waals surface area contributed by atoms with Crippen molar-refractivity contribution < 1.29 is 14.6 Å². The SMILES string of the molecule is CCC(CC)CC(O)C(CC1CCCCC1)C(=O)OC. The van der Waals surface area contributed by atoms with Crippen LogP contribution in [0, 0.1) is 17.8 Å². The van der Waals surface area contributed by atoms with Crippen LogP contribution >= 0.6 is 0 Å². The molecule has 0 aromatic carbocycles. The normalized spacial score (nSPS) is 19.9. The Bertz CT molecular complexity index is 267. The molecule has 1 aliphatic rings. The second kappa shape index (κ2) is 9.38. The summed E-state index contributed by atoms with van der Waals surface area (Å²) in [6, 6.07) is 0. The van der Waals surface area contributed by atoms with Crippen molar-refractivity contribution in [3.05, 3.63) is 0 Å². The number of ether oxygens (including phenoxy) is 1. The minimum Gasteiger partial charge on any atom is -0.469 e. The number of rotatable bonds is 8. The molecule has 1 N–H and O–H groups in total. The van der Waals surface area contributed by atoms with E-state index in [1.165, 1.54) is 39.2 Å². The molecule has 2 unspecified atom stereocenters. The van der Waals surface area contributed by atoms with E-state index in [4.69, 9.17) is 4.74 Å². The maximum Gasteiger partial charge on any atom is 0.311 e. The van der Waals surface area contributed by atoms with Crippen molar-refractivity contribution in [1.29, 1.82) is 0 Å². The molecule has 0 aliphatic heterocycles. The van der Waals surface area contributed by atoms with E-state index in [1.807, 2.05) is 0 Å². The second-order valence-electron chi connectivity index (χ2n) is 6.35. The van der Waals surface area contributed by atoms with Gasteiger partial charge in [-0.1, -0.05) is 58.8 Å². The lowest BCUT2D eigenvalue weighted by Gasteiger charge is -2.29. The molecule has 0 spiro atoms. The van der Waals surface area contributed by atoms with Crippen molar-refractivity contribution in [2.75, 3.05) is 7.11 Å². The summed E-state index contributed by atoms with van der Waals surface area (Å²) in [6.45, 7) is 4.30. The van der Waals surface area contributed by atoms with Crippen molar-refractivity contribution >= 4 is 5.97 Å². The summed E-state index contributed by atoms with van der Waals surface area (Å²) in [5, 5.41) is 10.5. The Morgan fingerprint density at radius 3 is 2.30 bits per heavy atom. The van der Waals surface area contributed by atoms with Crippen LogP contribution in [0.25, 0.3) is 0 Å². The highest BCUT2D eigenvalue weighted by atomic mass is 16.5. The average Bonchev–Trinajstić information content (AvgIpc) is 2.50. The Kier molecular flexibility index (Phi) is 8.20. The number of aliphatic hydroxyl groups excluding tert-OH is 1. The molecule has 0 saturated heterocycles. The van der Waals surface area contributed by atoms with E-state index in [1.54, 1.807) is 0 Å². The Labute approximate surface area is 124 Å². The van der Waals surface area contributed by atoms with Crippen LogP contribution in [0.3, 0.4) is 0 Å². The third-order valence-electron chi connectivity index (χ3n) is 5.01. The molecule has 3 nitrogen and oxygen atoms in total. The van der Waals surface area contributed by atoms with E-state index in [9.17, 15) is 9.90 Å². The Hall–Kier alpha value is -0.570. The van der Waals surface area contributed by atoms with Crippen molar-refractivity contribution in [3.63, 3.8) is 0 Å². The highest BCUT2D eigenvalue weighted by molar-refractivity contribution is 5.72. The smallest absolute Gasteiger partial charge is 0.311 e. The van der Waals surface area contributed by atoms with Gasteiger partial charge in [-0.2, -0.15) is 0 Å². The molecule has 2 atom stereocenters. The molecular formula is C17H32O3. The lowest BCUT2D eigenvalue weighted by molar-refractivity contribution is -0.151. The molecule has 0 bridgehead atoms. The number of carbonyl (C=O) groups excluding carboxylic acids is 1. The minimum atomic E-state index is -0.547. The lowest BCUT2D eigenvalue weighted by Crippen LogP contribution is -2.33. The fourth-order valence-electron chi connectivity index (χ4n) is 3.47. The quantitative estimate of drug-likeness (QED) is 0.687.